The number of ether oxygens (including phenoxy) is 1. The van der Waals surface area contributed by atoms with Gasteiger partial charge in [-0.05, 0) is 61.4 Å². The van der Waals surface area contributed by atoms with Crippen molar-refractivity contribution in [3.8, 4) is 22.9 Å². The largest absolute Gasteiger partial charge is 0.496 e. The van der Waals surface area contributed by atoms with Crippen molar-refractivity contribution >= 4 is 22.8 Å². The number of amides is 1. The minimum Gasteiger partial charge on any atom is -0.496 e. The maximum Gasteiger partial charge on any atom is 0.280 e. The first-order valence-corrected chi connectivity index (χ1v) is 8.49. The fourth-order valence-corrected chi connectivity index (χ4v) is 3.11. The van der Waals surface area contributed by atoms with Crippen LogP contribution in [0, 0.1) is 25.2 Å². The second-order valence-corrected chi connectivity index (χ2v) is 6.30. The number of guanidine groups is 1. The lowest BCUT2D eigenvalue weighted by Gasteiger charge is -2.16. The molecule has 0 saturated carbocycles. The second-order valence-electron chi connectivity index (χ2n) is 6.30. The molecule has 0 aliphatic rings. The Morgan fingerprint density at radius 2 is 1.93 bits per heavy atom. The first-order chi connectivity index (χ1) is 13.3. The zero-order valence-electron chi connectivity index (χ0n) is 15.8. The molecule has 7 heteroatoms. The number of benzene rings is 2. The van der Waals surface area contributed by atoms with Gasteiger partial charge in [0.05, 0.1) is 24.3 Å². The molecule has 140 valence electrons. The van der Waals surface area contributed by atoms with E-state index in [0.717, 1.165) is 33.3 Å². The number of carbonyl (C=O) groups excluding carboxylic acids is 1. The highest BCUT2D eigenvalue weighted by Crippen LogP contribution is 2.38. The highest BCUT2D eigenvalue weighted by Gasteiger charge is 2.17. The van der Waals surface area contributed by atoms with Crippen molar-refractivity contribution < 1.29 is 9.53 Å². The van der Waals surface area contributed by atoms with Crippen LogP contribution in [0.25, 0.3) is 22.0 Å². The van der Waals surface area contributed by atoms with Crippen LogP contribution in [0.4, 0.5) is 0 Å². The van der Waals surface area contributed by atoms with Gasteiger partial charge in [-0.15, -0.1) is 0 Å². The number of aliphatic imine (C=N–C) groups is 1. The number of rotatable bonds is 3. The molecule has 0 fully saturated rings. The van der Waals surface area contributed by atoms with Crippen molar-refractivity contribution in [1.82, 2.24) is 4.98 Å². The monoisotopic (exact) mass is 373 g/mol. The van der Waals surface area contributed by atoms with Crippen LogP contribution in [0.5, 0.6) is 5.75 Å². The van der Waals surface area contributed by atoms with Gasteiger partial charge in [0, 0.05) is 22.2 Å². The molecule has 0 saturated heterocycles. The Labute approximate surface area is 162 Å². The minimum atomic E-state index is -0.530. The van der Waals surface area contributed by atoms with Gasteiger partial charge in [-0.25, -0.2) is 0 Å². The molecule has 0 bridgehead atoms. The molecule has 0 radical (unpaired) electrons. The smallest absolute Gasteiger partial charge is 0.280 e. The van der Waals surface area contributed by atoms with Crippen LogP contribution in [0.1, 0.15) is 27.2 Å². The van der Waals surface area contributed by atoms with Gasteiger partial charge in [0.25, 0.3) is 5.91 Å². The van der Waals surface area contributed by atoms with Gasteiger partial charge < -0.3 is 16.2 Å². The van der Waals surface area contributed by atoms with Crippen LogP contribution in [0.2, 0.25) is 0 Å². The third-order valence-electron chi connectivity index (χ3n) is 4.55. The van der Waals surface area contributed by atoms with Crippen molar-refractivity contribution in [2.45, 2.75) is 13.8 Å². The van der Waals surface area contributed by atoms with Gasteiger partial charge in [0.2, 0.25) is 0 Å². The summed E-state index contributed by atoms with van der Waals surface area (Å²) < 4.78 is 5.52. The fourth-order valence-electron chi connectivity index (χ4n) is 3.11. The summed E-state index contributed by atoms with van der Waals surface area (Å²) in [5.41, 5.74) is 15.7. The molecule has 0 aliphatic carbocycles. The van der Waals surface area contributed by atoms with Crippen molar-refractivity contribution in [3.05, 3.63) is 58.8 Å². The molecule has 1 aromatic heterocycles. The zero-order chi connectivity index (χ0) is 20.4. The SMILES string of the molecule is COc1cc(C#N)ccc1-c1c(C)c(C)nc2ccc(C(=O)N=C(N)N)cc12. The Kier molecular flexibility index (Phi) is 4.96. The normalized spacial score (nSPS) is 10.4. The number of aryl methyl sites for hydroxylation is 1. The summed E-state index contributed by atoms with van der Waals surface area (Å²) >= 11 is 0. The number of nitrogens with zero attached hydrogens (tertiary/aromatic N) is 3. The molecule has 7 nitrogen and oxygen atoms in total. The van der Waals surface area contributed by atoms with E-state index < -0.39 is 5.91 Å². The predicted octanol–water partition coefficient (Wildman–Crippen LogP) is 2.81. The van der Waals surface area contributed by atoms with Gasteiger partial charge in [-0.1, -0.05) is 0 Å². The second kappa shape index (κ2) is 7.37. The van der Waals surface area contributed by atoms with E-state index in [4.69, 9.17) is 16.2 Å². The number of nitriles is 1. The quantitative estimate of drug-likeness (QED) is 0.537. The van der Waals surface area contributed by atoms with E-state index in [9.17, 15) is 10.1 Å². The molecule has 2 aromatic carbocycles. The van der Waals surface area contributed by atoms with Crippen molar-refractivity contribution in [2.75, 3.05) is 7.11 Å². The Balaban J connectivity index is 2.35. The predicted molar refractivity (Wildman–Crippen MR) is 108 cm³/mol. The summed E-state index contributed by atoms with van der Waals surface area (Å²) in [6.45, 7) is 3.88. The van der Waals surface area contributed by atoms with Crippen LogP contribution in [0.15, 0.2) is 41.4 Å². The van der Waals surface area contributed by atoms with Crippen molar-refractivity contribution in [2.24, 2.45) is 16.5 Å². The summed E-state index contributed by atoms with van der Waals surface area (Å²) in [4.78, 5) is 20.5. The van der Waals surface area contributed by atoms with Crippen LogP contribution in [-0.2, 0) is 0 Å². The van der Waals surface area contributed by atoms with E-state index in [1.807, 2.05) is 19.9 Å². The average molecular weight is 373 g/mol. The Bertz CT molecular complexity index is 1170. The van der Waals surface area contributed by atoms with Gasteiger partial charge in [-0.2, -0.15) is 10.3 Å². The summed E-state index contributed by atoms with van der Waals surface area (Å²) in [6.07, 6.45) is 0. The molecule has 1 amide bonds. The maximum absolute atomic E-state index is 12.3. The molecule has 0 unspecified atom stereocenters. The van der Waals surface area contributed by atoms with Gasteiger partial charge in [0.1, 0.15) is 5.75 Å². The van der Waals surface area contributed by atoms with Crippen LogP contribution in [-0.4, -0.2) is 24.0 Å². The molecule has 3 aromatic rings. The molecule has 28 heavy (non-hydrogen) atoms. The van der Waals surface area contributed by atoms with Gasteiger partial charge in [0.15, 0.2) is 5.96 Å². The lowest BCUT2D eigenvalue weighted by atomic mass is 9.93. The van der Waals surface area contributed by atoms with Crippen LogP contribution < -0.4 is 16.2 Å². The van der Waals surface area contributed by atoms with E-state index in [1.54, 1.807) is 37.4 Å². The number of aromatic nitrogens is 1. The van der Waals surface area contributed by atoms with Gasteiger partial charge in [-0.3, -0.25) is 9.78 Å². The Morgan fingerprint density at radius 3 is 2.57 bits per heavy atom. The van der Waals surface area contributed by atoms with E-state index in [1.165, 1.54) is 0 Å². The molecule has 4 N–H and O–H groups in total. The summed E-state index contributed by atoms with van der Waals surface area (Å²) in [7, 11) is 1.55. The van der Waals surface area contributed by atoms with E-state index in [2.05, 4.69) is 16.0 Å². The van der Waals surface area contributed by atoms with Crippen molar-refractivity contribution in [3.63, 3.8) is 0 Å². The summed E-state index contributed by atoms with van der Waals surface area (Å²) in [6, 6.07) is 12.5. The van der Waals surface area contributed by atoms with Gasteiger partial charge >= 0.3 is 0 Å². The van der Waals surface area contributed by atoms with E-state index in [-0.39, 0.29) is 5.96 Å². The Morgan fingerprint density at radius 1 is 1.18 bits per heavy atom. The fraction of sp³-hybridized carbons (Fsp3) is 0.143. The minimum absolute atomic E-state index is 0.294. The number of carbonyl (C=O) groups is 1. The summed E-state index contributed by atoms with van der Waals surface area (Å²) in [5, 5.41) is 9.94. The first-order valence-electron chi connectivity index (χ1n) is 8.49. The average Bonchev–Trinajstić information content (AvgIpc) is 2.68. The number of hydrogen-bond donors (Lipinski definition) is 2. The highest BCUT2D eigenvalue weighted by atomic mass is 16.5. The van der Waals surface area contributed by atoms with Crippen LogP contribution >= 0.6 is 0 Å². The molecule has 0 aliphatic heterocycles. The van der Waals surface area contributed by atoms with E-state index >= 15 is 0 Å². The third-order valence-corrected chi connectivity index (χ3v) is 4.55. The third kappa shape index (κ3) is 3.35. The van der Waals surface area contributed by atoms with Crippen LogP contribution in [0.3, 0.4) is 0 Å². The van der Waals surface area contributed by atoms with Crippen molar-refractivity contribution in [1.29, 1.82) is 5.26 Å². The lowest BCUT2D eigenvalue weighted by molar-refractivity contribution is 0.100. The topological polar surface area (TPSA) is 127 Å². The first kappa shape index (κ1) is 18.9. The molecule has 0 atom stereocenters. The highest BCUT2D eigenvalue weighted by molar-refractivity contribution is 6.06. The number of fused-ring (bicyclic) bond motifs is 1. The molecular weight excluding hydrogens is 354 g/mol. The number of methoxy groups -OCH3 is 1. The standard InChI is InChI=1S/C21H19N5O2/c1-11-12(2)25-17-7-5-14(20(27)26-21(23)24)9-16(17)19(11)15-6-4-13(10-22)8-18(15)28-3/h4-9H,1-3H3,(H4,23,24,26,27). The Hall–Kier alpha value is -3.92. The maximum atomic E-state index is 12.3. The van der Waals surface area contributed by atoms with E-state index in [0.29, 0.717) is 16.9 Å². The number of pyridine rings is 1. The molecule has 1 heterocycles. The molecule has 0 spiro atoms. The lowest BCUT2D eigenvalue weighted by Crippen LogP contribution is -2.24. The number of hydrogen-bond acceptors (Lipinski definition) is 4. The summed E-state index contributed by atoms with van der Waals surface area (Å²) in [5.74, 6) is -0.259. The number of nitrogens with two attached hydrogens (primary N) is 2. The molecular formula is C21H19N5O2. The zero-order valence-corrected chi connectivity index (χ0v) is 15.8. The molecule has 3 rings (SSSR count).